The summed E-state index contributed by atoms with van der Waals surface area (Å²) >= 11 is 3.41. The lowest BCUT2D eigenvalue weighted by atomic mass is 10.1. The molecule has 1 heterocycles. The number of nitrogens with zero attached hydrogens (tertiary/aromatic N) is 1. The van der Waals surface area contributed by atoms with Crippen molar-refractivity contribution in [3.63, 3.8) is 0 Å². The standard InChI is InChI=1S/C17H19BrN2O2S/c18-15-5-1-13(2-6-15)14-3-7-17(8-4-14)23(21,22)20-11-9-16(19)10-12-20/h1-8,16H,9-12,19H2. The fourth-order valence-electron chi connectivity index (χ4n) is 2.73. The van der Waals surface area contributed by atoms with Crippen LogP contribution in [0.1, 0.15) is 12.8 Å². The van der Waals surface area contributed by atoms with Crippen molar-refractivity contribution in [2.75, 3.05) is 13.1 Å². The van der Waals surface area contributed by atoms with Crippen molar-refractivity contribution >= 4 is 26.0 Å². The van der Waals surface area contributed by atoms with Gasteiger partial charge in [-0.25, -0.2) is 8.42 Å². The molecule has 0 spiro atoms. The normalized spacial score (nSPS) is 17.3. The predicted octanol–water partition coefficient (Wildman–Crippen LogP) is 3.23. The Morgan fingerprint density at radius 2 is 1.39 bits per heavy atom. The lowest BCUT2D eigenvalue weighted by Crippen LogP contribution is -2.42. The van der Waals surface area contributed by atoms with E-state index in [0.29, 0.717) is 18.0 Å². The van der Waals surface area contributed by atoms with Gasteiger partial charge in [0.15, 0.2) is 0 Å². The molecule has 1 aliphatic heterocycles. The summed E-state index contributed by atoms with van der Waals surface area (Å²) in [6.45, 7) is 0.996. The molecule has 23 heavy (non-hydrogen) atoms. The molecule has 0 aromatic heterocycles. The number of hydrogen-bond donors (Lipinski definition) is 1. The number of sulfonamides is 1. The van der Waals surface area contributed by atoms with Crippen molar-refractivity contribution in [2.45, 2.75) is 23.8 Å². The zero-order valence-electron chi connectivity index (χ0n) is 12.7. The number of benzene rings is 2. The average molecular weight is 395 g/mol. The zero-order valence-corrected chi connectivity index (χ0v) is 15.1. The molecule has 6 heteroatoms. The third kappa shape index (κ3) is 3.66. The zero-order chi connectivity index (χ0) is 16.4. The van der Waals surface area contributed by atoms with Gasteiger partial charge < -0.3 is 5.73 Å². The van der Waals surface area contributed by atoms with Crippen LogP contribution in [0.4, 0.5) is 0 Å². The minimum atomic E-state index is -3.42. The Hall–Kier alpha value is -1.21. The summed E-state index contributed by atoms with van der Waals surface area (Å²) in [6, 6.07) is 15.1. The van der Waals surface area contributed by atoms with Gasteiger partial charge in [-0.3, -0.25) is 0 Å². The molecule has 0 bridgehead atoms. The van der Waals surface area contributed by atoms with Gasteiger partial charge in [0, 0.05) is 23.6 Å². The van der Waals surface area contributed by atoms with Crippen LogP contribution < -0.4 is 5.73 Å². The van der Waals surface area contributed by atoms with E-state index in [-0.39, 0.29) is 6.04 Å². The van der Waals surface area contributed by atoms with Gasteiger partial charge in [0.05, 0.1) is 4.90 Å². The van der Waals surface area contributed by atoms with Crippen molar-refractivity contribution in [3.8, 4) is 11.1 Å². The second-order valence-corrected chi connectivity index (χ2v) is 8.63. The highest BCUT2D eigenvalue weighted by atomic mass is 79.9. The van der Waals surface area contributed by atoms with E-state index >= 15 is 0 Å². The van der Waals surface area contributed by atoms with E-state index in [4.69, 9.17) is 5.73 Å². The van der Waals surface area contributed by atoms with Gasteiger partial charge in [-0.05, 0) is 48.2 Å². The molecule has 1 saturated heterocycles. The maximum absolute atomic E-state index is 12.7. The molecule has 0 saturated carbocycles. The molecule has 2 N–H and O–H groups in total. The SMILES string of the molecule is NC1CCN(S(=O)(=O)c2ccc(-c3ccc(Br)cc3)cc2)CC1. The minimum Gasteiger partial charge on any atom is -0.328 e. The van der Waals surface area contributed by atoms with Gasteiger partial charge in [-0.1, -0.05) is 40.2 Å². The summed E-state index contributed by atoms with van der Waals surface area (Å²) in [4.78, 5) is 0.342. The summed E-state index contributed by atoms with van der Waals surface area (Å²) in [5.74, 6) is 0. The Kier molecular flexibility index (Phi) is 4.87. The Labute approximate surface area is 145 Å². The minimum absolute atomic E-state index is 0.112. The van der Waals surface area contributed by atoms with E-state index in [9.17, 15) is 8.42 Å². The van der Waals surface area contributed by atoms with Crippen LogP contribution in [0.3, 0.4) is 0 Å². The van der Waals surface area contributed by atoms with Crippen LogP contribution in [0.2, 0.25) is 0 Å². The Bertz CT molecular complexity index is 765. The Morgan fingerprint density at radius 3 is 1.91 bits per heavy atom. The number of rotatable bonds is 3. The average Bonchev–Trinajstić information content (AvgIpc) is 2.56. The molecule has 3 rings (SSSR count). The third-order valence-electron chi connectivity index (χ3n) is 4.17. The number of nitrogens with two attached hydrogens (primary N) is 1. The first-order chi connectivity index (χ1) is 11.0. The molecule has 0 aliphatic carbocycles. The van der Waals surface area contributed by atoms with Gasteiger partial charge in [0.1, 0.15) is 0 Å². The summed E-state index contributed by atoms with van der Waals surface area (Å²) in [7, 11) is -3.42. The fourth-order valence-corrected chi connectivity index (χ4v) is 4.46. The smallest absolute Gasteiger partial charge is 0.243 e. The van der Waals surface area contributed by atoms with E-state index in [1.54, 1.807) is 12.1 Å². The molecule has 0 amide bonds. The summed E-state index contributed by atoms with van der Waals surface area (Å²) in [5.41, 5.74) is 7.90. The maximum Gasteiger partial charge on any atom is 0.243 e. The van der Waals surface area contributed by atoms with E-state index < -0.39 is 10.0 Å². The first kappa shape index (κ1) is 16.6. The van der Waals surface area contributed by atoms with Gasteiger partial charge >= 0.3 is 0 Å². The third-order valence-corrected chi connectivity index (χ3v) is 6.61. The lowest BCUT2D eigenvalue weighted by Gasteiger charge is -2.29. The van der Waals surface area contributed by atoms with E-state index in [2.05, 4.69) is 15.9 Å². The monoisotopic (exact) mass is 394 g/mol. The maximum atomic E-state index is 12.7. The number of halogens is 1. The summed E-state index contributed by atoms with van der Waals surface area (Å²) in [6.07, 6.45) is 1.44. The second kappa shape index (κ2) is 6.73. The van der Waals surface area contributed by atoms with Gasteiger partial charge in [0.2, 0.25) is 10.0 Å². The summed E-state index contributed by atoms with van der Waals surface area (Å²) in [5, 5.41) is 0. The molecule has 1 aliphatic rings. The van der Waals surface area contributed by atoms with Crippen LogP contribution in [-0.4, -0.2) is 31.9 Å². The molecule has 4 nitrogen and oxygen atoms in total. The van der Waals surface area contributed by atoms with Crippen molar-refractivity contribution in [3.05, 3.63) is 53.0 Å². The largest absolute Gasteiger partial charge is 0.328 e. The molecule has 0 unspecified atom stereocenters. The van der Waals surface area contributed by atoms with Gasteiger partial charge in [-0.15, -0.1) is 0 Å². The molecule has 2 aromatic rings. The van der Waals surface area contributed by atoms with Crippen molar-refractivity contribution in [1.82, 2.24) is 4.31 Å². The quantitative estimate of drug-likeness (QED) is 0.868. The van der Waals surface area contributed by atoms with Crippen LogP contribution in [0.5, 0.6) is 0 Å². The van der Waals surface area contributed by atoms with Crippen LogP contribution in [0, 0.1) is 0 Å². The van der Waals surface area contributed by atoms with Gasteiger partial charge in [-0.2, -0.15) is 4.31 Å². The molecule has 2 aromatic carbocycles. The second-order valence-electron chi connectivity index (χ2n) is 5.77. The molecule has 122 valence electrons. The van der Waals surface area contributed by atoms with E-state index in [1.165, 1.54) is 4.31 Å². The molecule has 1 fully saturated rings. The van der Waals surface area contributed by atoms with Crippen molar-refractivity contribution in [2.24, 2.45) is 5.73 Å². The van der Waals surface area contributed by atoms with Gasteiger partial charge in [0.25, 0.3) is 0 Å². The summed E-state index contributed by atoms with van der Waals surface area (Å²) < 4.78 is 27.9. The molecular formula is C17H19BrN2O2S. The Morgan fingerprint density at radius 1 is 0.913 bits per heavy atom. The van der Waals surface area contributed by atoms with Crippen LogP contribution in [0.25, 0.3) is 11.1 Å². The van der Waals surface area contributed by atoms with E-state index in [0.717, 1.165) is 28.4 Å². The Balaban J connectivity index is 1.82. The number of hydrogen-bond acceptors (Lipinski definition) is 3. The van der Waals surface area contributed by atoms with Crippen molar-refractivity contribution in [1.29, 1.82) is 0 Å². The fraction of sp³-hybridized carbons (Fsp3) is 0.294. The first-order valence-electron chi connectivity index (χ1n) is 7.58. The van der Waals surface area contributed by atoms with E-state index in [1.807, 2.05) is 36.4 Å². The molecule has 0 radical (unpaired) electrons. The number of piperidine rings is 1. The topological polar surface area (TPSA) is 63.4 Å². The highest BCUT2D eigenvalue weighted by Crippen LogP contribution is 2.25. The first-order valence-corrected chi connectivity index (χ1v) is 9.82. The van der Waals surface area contributed by atoms with Crippen molar-refractivity contribution < 1.29 is 8.42 Å². The van der Waals surface area contributed by atoms with Crippen LogP contribution in [0.15, 0.2) is 57.9 Å². The highest BCUT2D eigenvalue weighted by molar-refractivity contribution is 9.10. The lowest BCUT2D eigenvalue weighted by molar-refractivity contribution is 0.320. The highest BCUT2D eigenvalue weighted by Gasteiger charge is 2.28. The predicted molar refractivity (Wildman–Crippen MR) is 95.5 cm³/mol. The molecule has 0 atom stereocenters. The van der Waals surface area contributed by atoms with Crippen LogP contribution >= 0.6 is 15.9 Å². The van der Waals surface area contributed by atoms with Crippen LogP contribution in [-0.2, 0) is 10.0 Å². The molecular weight excluding hydrogens is 376 g/mol.